The quantitative estimate of drug-likeness (QED) is 0.771. The van der Waals surface area contributed by atoms with Gasteiger partial charge in [-0.15, -0.1) is 0 Å². The van der Waals surface area contributed by atoms with Gasteiger partial charge in [0, 0.05) is 32.2 Å². The second-order valence-corrected chi connectivity index (χ2v) is 8.60. The summed E-state index contributed by atoms with van der Waals surface area (Å²) in [5.74, 6) is 0.259. The van der Waals surface area contributed by atoms with Crippen LogP contribution >= 0.6 is 0 Å². The van der Waals surface area contributed by atoms with Crippen molar-refractivity contribution in [3.63, 3.8) is 0 Å². The number of nitrogens with zero attached hydrogens (tertiary/aromatic N) is 2. The van der Waals surface area contributed by atoms with Crippen LogP contribution in [0, 0.1) is 0 Å². The average molecular weight is 393 g/mol. The Morgan fingerprint density at radius 2 is 1.62 bits per heavy atom. The fourth-order valence-electron chi connectivity index (χ4n) is 4.81. The molecule has 0 spiro atoms. The molecule has 2 aliphatic heterocycles. The van der Waals surface area contributed by atoms with Crippen LogP contribution in [-0.2, 0) is 16.0 Å². The number of benzene rings is 2. The Morgan fingerprint density at radius 1 is 0.966 bits per heavy atom. The molecule has 0 aliphatic carbocycles. The van der Waals surface area contributed by atoms with Gasteiger partial charge >= 0.3 is 0 Å². The summed E-state index contributed by atoms with van der Waals surface area (Å²) in [6, 6.07) is 19.1. The van der Waals surface area contributed by atoms with E-state index in [1.165, 1.54) is 11.1 Å². The fraction of sp³-hybridized carbons (Fsp3) is 0.480. The van der Waals surface area contributed by atoms with Crippen molar-refractivity contribution in [3.05, 3.63) is 60.2 Å². The van der Waals surface area contributed by atoms with Gasteiger partial charge in [-0.25, -0.2) is 0 Å². The summed E-state index contributed by atoms with van der Waals surface area (Å²) in [5.41, 5.74) is 3.49. The third kappa shape index (κ3) is 5.06. The van der Waals surface area contributed by atoms with Crippen molar-refractivity contribution in [1.29, 1.82) is 0 Å². The summed E-state index contributed by atoms with van der Waals surface area (Å²) < 4.78 is 5.85. The number of amides is 1. The Kier molecular flexibility index (Phi) is 6.31. The zero-order valence-corrected chi connectivity index (χ0v) is 17.6. The number of hydrogen-bond donors (Lipinski definition) is 0. The summed E-state index contributed by atoms with van der Waals surface area (Å²) in [7, 11) is 0. The molecule has 29 heavy (non-hydrogen) atoms. The van der Waals surface area contributed by atoms with Crippen LogP contribution in [0.1, 0.15) is 32.3 Å². The molecule has 154 valence electrons. The highest BCUT2D eigenvalue weighted by molar-refractivity contribution is 5.79. The molecule has 1 amide bonds. The van der Waals surface area contributed by atoms with Crippen molar-refractivity contribution >= 4 is 5.91 Å². The van der Waals surface area contributed by atoms with Gasteiger partial charge in [0.2, 0.25) is 5.91 Å². The molecule has 4 heteroatoms. The highest BCUT2D eigenvalue weighted by Gasteiger charge is 2.32. The zero-order chi connectivity index (χ0) is 20.2. The Balaban J connectivity index is 1.36. The second-order valence-electron chi connectivity index (χ2n) is 8.60. The molecule has 0 bridgehead atoms. The third-order valence-corrected chi connectivity index (χ3v) is 6.08. The van der Waals surface area contributed by atoms with Crippen molar-refractivity contribution in [2.24, 2.45) is 0 Å². The molecule has 4 nitrogen and oxygen atoms in total. The average Bonchev–Trinajstić information content (AvgIpc) is 3.17. The molecule has 2 heterocycles. The minimum Gasteiger partial charge on any atom is -0.373 e. The first-order valence-corrected chi connectivity index (χ1v) is 10.9. The lowest BCUT2D eigenvalue weighted by atomic mass is 10.0. The maximum atomic E-state index is 13.0. The molecule has 2 saturated heterocycles. The minimum absolute atomic E-state index is 0.259. The monoisotopic (exact) mass is 392 g/mol. The first-order valence-electron chi connectivity index (χ1n) is 10.9. The van der Waals surface area contributed by atoms with Gasteiger partial charge in [0.05, 0.1) is 18.6 Å². The van der Waals surface area contributed by atoms with Crippen LogP contribution in [0.2, 0.25) is 0 Å². The van der Waals surface area contributed by atoms with Gasteiger partial charge in [0.15, 0.2) is 0 Å². The largest absolute Gasteiger partial charge is 0.373 e. The van der Waals surface area contributed by atoms with E-state index >= 15 is 0 Å². The molecule has 0 radical (unpaired) electrons. The number of morpholine rings is 1. The van der Waals surface area contributed by atoms with Crippen molar-refractivity contribution < 1.29 is 9.53 Å². The molecule has 2 aromatic carbocycles. The lowest BCUT2D eigenvalue weighted by molar-refractivity contribution is -0.132. The maximum absolute atomic E-state index is 13.0. The first-order chi connectivity index (χ1) is 14.1. The molecule has 2 aliphatic rings. The van der Waals surface area contributed by atoms with E-state index in [0.29, 0.717) is 12.5 Å². The second kappa shape index (κ2) is 9.10. The number of rotatable bonds is 5. The topological polar surface area (TPSA) is 32.8 Å². The van der Waals surface area contributed by atoms with E-state index in [1.54, 1.807) is 0 Å². The number of ether oxygens (including phenoxy) is 1. The first kappa shape index (κ1) is 20.1. The van der Waals surface area contributed by atoms with Crippen molar-refractivity contribution in [2.45, 2.75) is 51.4 Å². The fourth-order valence-corrected chi connectivity index (χ4v) is 4.81. The molecule has 2 aromatic rings. The molecule has 0 N–H and O–H groups in total. The van der Waals surface area contributed by atoms with Crippen LogP contribution in [-0.4, -0.2) is 60.1 Å². The molecular weight excluding hydrogens is 360 g/mol. The molecule has 0 saturated carbocycles. The van der Waals surface area contributed by atoms with Gasteiger partial charge in [0.25, 0.3) is 0 Å². The van der Waals surface area contributed by atoms with Crippen LogP contribution in [0.4, 0.5) is 0 Å². The smallest absolute Gasteiger partial charge is 0.227 e. The van der Waals surface area contributed by atoms with Crippen LogP contribution in [0.5, 0.6) is 0 Å². The van der Waals surface area contributed by atoms with Gasteiger partial charge in [-0.2, -0.15) is 0 Å². The molecule has 2 fully saturated rings. The lowest BCUT2D eigenvalue weighted by Gasteiger charge is -2.38. The minimum atomic E-state index is 0.259. The van der Waals surface area contributed by atoms with Gasteiger partial charge in [-0.1, -0.05) is 54.6 Å². The summed E-state index contributed by atoms with van der Waals surface area (Å²) in [6.45, 7) is 8.06. The molecular formula is C25H32N2O2. The van der Waals surface area contributed by atoms with Gasteiger partial charge in [-0.05, 0) is 43.4 Å². The van der Waals surface area contributed by atoms with Crippen molar-refractivity contribution in [1.82, 2.24) is 9.80 Å². The van der Waals surface area contributed by atoms with Crippen LogP contribution in [0.3, 0.4) is 0 Å². The summed E-state index contributed by atoms with van der Waals surface area (Å²) in [6.07, 6.45) is 3.25. The number of carbonyl (C=O) groups is 1. The standard InChI is InChI=1S/C25H32N2O2/c1-19-16-26(17-20(2)29-19)18-24-9-6-14-27(24)25(28)15-21-10-12-23(13-11-21)22-7-4-3-5-8-22/h3-5,7-8,10-13,19-20,24H,6,9,14-18H2,1-2H3/t19-,20-,24-/m1/s1. The molecule has 3 atom stereocenters. The predicted octanol–water partition coefficient (Wildman–Crippen LogP) is 4.00. The Hall–Kier alpha value is -2.17. The van der Waals surface area contributed by atoms with E-state index in [0.717, 1.165) is 44.6 Å². The van der Waals surface area contributed by atoms with Crippen LogP contribution in [0.25, 0.3) is 11.1 Å². The normalized spacial score (nSPS) is 25.3. The van der Waals surface area contributed by atoms with Crippen molar-refractivity contribution in [3.8, 4) is 11.1 Å². The number of hydrogen-bond acceptors (Lipinski definition) is 3. The summed E-state index contributed by atoms with van der Waals surface area (Å²) in [4.78, 5) is 17.6. The lowest BCUT2D eigenvalue weighted by Crippen LogP contribution is -2.51. The Labute approximate surface area is 174 Å². The maximum Gasteiger partial charge on any atom is 0.227 e. The van der Waals surface area contributed by atoms with Crippen molar-refractivity contribution in [2.75, 3.05) is 26.2 Å². The molecule has 0 unspecified atom stereocenters. The van der Waals surface area contributed by atoms with E-state index in [4.69, 9.17) is 4.74 Å². The number of carbonyl (C=O) groups excluding carboxylic acids is 1. The Bertz CT molecular complexity index is 795. The van der Waals surface area contributed by atoms with E-state index in [9.17, 15) is 4.79 Å². The zero-order valence-electron chi connectivity index (χ0n) is 17.6. The van der Waals surface area contributed by atoms with Gasteiger partial charge in [-0.3, -0.25) is 9.69 Å². The summed E-state index contributed by atoms with van der Waals surface area (Å²) >= 11 is 0. The highest BCUT2D eigenvalue weighted by Crippen LogP contribution is 2.23. The number of likely N-dealkylation sites (tertiary alicyclic amines) is 1. The van der Waals surface area contributed by atoms with Gasteiger partial charge in [0.1, 0.15) is 0 Å². The van der Waals surface area contributed by atoms with Crippen LogP contribution in [0.15, 0.2) is 54.6 Å². The van der Waals surface area contributed by atoms with Gasteiger partial charge < -0.3 is 9.64 Å². The van der Waals surface area contributed by atoms with E-state index in [-0.39, 0.29) is 18.1 Å². The molecule has 0 aromatic heterocycles. The predicted molar refractivity (Wildman–Crippen MR) is 117 cm³/mol. The highest BCUT2D eigenvalue weighted by atomic mass is 16.5. The summed E-state index contributed by atoms with van der Waals surface area (Å²) in [5, 5.41) is 0. The van der Waals surface area contributed by atoms with E-state index < -0.39 is 0 Å². The third-order valence-electron chi connectivity index (χ3n) is 6.08. The van der Waals surface area contributed by atoms with E-state index in [2.05, 4.69) is 72.2 Å². The van der Waals surface area contributed by atoms with E-state index in [1.807, 2.05) is 6.07 Å². The Morgan fingerprint density at radius 3 is 2.31 bits per heavy atom. The van der Waals surface area contributed by atoms with Crippen LogP contribution < -0.4 is 0 Å². The SMILES string of the molecule is C[C@@H]1CN(C[C@H]2CCCN2C(=O)Cc2ccc(-c3ccccc3)cc2)C[C@@H](C)O1. The molecule has 4 rings (SSSR count).